The largest absolute Gasteiger partial charge is 0.326 e. The van der Waals surface area contributed by atoms with Gasteiger partial charge in [-0.05, 0) is 49.4 Å². The second kappa shape index (κ2) is 12.4. The fraction of sp³-hybridized carbons (Fsp3) is 0.333. The Morgan fingerprint density at radius 2 is 1.78 bits per heavy atom. The Balaban J connectivity index is 1.49. The van der Waals surface area contributed by atoms with Crippen molar-refractivity contribution in [2.75, 3.05) is 16.4 Å². The van der Waals surface area contributed by atoms with E-state index in [9.17, 15) is 9.59 Å². The summed E-state index contributed by atoms with van der Waals surface area (Å²) in [5.74, 6) is 0.610. The number of rotatable bonds is 11. The van der Waals surface area contributed by atoms with Crippen molar-refractivity contribution in [2.45, 2.75) is 43.9 Å². The Bertz CT molecular complexity index is 1020. The topological polar surface area (TPSA) is 84.0 Å². The summed E-state index contributed by atoms with van der Waals surface area (Å²) in [5, 5.41) is 14.4. The van der Waals surface area contributed by atoms with Crippen molar-refractivity contribution in [1.82, 2.24) is 10.2 Å². The maximum atomic E-state index is 12.6. The van der Waals surface area contributed by atoms with Gasteiger partial charge in [-0.3, -0.25) is 14.9 Å². The Morgan fingerprint density at radius 3 is 2.53 bits per heavy atom. The van der Waals surface area contributed by atoms with Gasteiger partial charge in [0.25, 0.3) is 5.91 Å². The predicted molar refractivity (Wildman–Crippen MR) is 132 cm³/mol. The Morgan fingerprint density at radius 1 is 1.00 bits per heavy atom. The maximum Gasteiger partial charge on any atom is 0.257 e. The third-order valence-corrected chi connectivity index (χ3v) is 7.11. The number of hydrogen-bond donors (Lipinski definition) is 2. The van der Waals surface area contributed by atoms with E-state index in [1.54, 1.807) is 36.0 Å². The molecule has 0 aliphatic heterocycles. The van der Waals surface area contributed by atoms with Crippen molar-refractivity contribution in [2.24, 2.45) is 5.92 Å². The number of hydrogen-bond acceptors (Lipinski definition) is 6. The van der Waals surface area contributed by atoms with Crippen molar-refractivity contribution in [1.29, 1.82) is 0 Å². The molecule has 1 heterocycles. The fourth-order valence-electron chi connectivity index (χ4n) is 3.21. The molecule has 0 fully saturated rings. The second-order valence-corrected chi connectivity index (χ2v) is 9.67. The average molecular weight is 469 g/mol. The molecular weight excluding hydrogens is 440 g/mol. The van der Waals surface area contributed by atoms with Crippen LogP contribution in [0.15, 0.2) is 58.9 Å². The molecule has 1 aromatic heterocycles. The van der Waals surface area contributed by atoms with Crippen molar-refractivity contribution < 1.29 is 9.59 Å². The summed E-state index contributed by atoms with van der Waals surface area (Å²) in [6, 6.07) is 17.3. The van der Waals surface area contributed by atoms with Crippen LogP contribution in [-0.4, -0.2) is 27.8 Å². The first-order valence-corrected chi connectivity index (χ1v) is 12.6. The molecule has 0 aliphatic carbocycles. The van der Waals surface area contributed by atoms with Crippen LogP contribution in [0.3, 0.4) is 0 Å². The number of amides is 2. The molecule has 3 rings (SSSR count). The van der Waals surface area contributed by atoms with Gasteiger partial charge in [0.05, 0.1) is 0 Å². The minimum atomic E-state index is -0.277. The average Bonchev–Trinajstić information content (AvgIpc) is 3.25. The molecule has 0 saturated carbocycles. The number of anilines is 2. The van der Waals surface area contributed by atoms with Gasteiger partial charge in [-0.2, -0.15) is 0 Å². The first-order chi connectivity index (χ1) is 15.6. The molecule has 2 amide bonds. The van der Waals surface area contributed by atoms with Crippen LogP contribution >= 0.6 is 23.1 Å². The predicted octanol–water partition coefficient (Wildman–Crippen LogP) is 5.89. The lowest BCUT2D eigenvalue weighted by atomic mass is 10.0. The number of aryl methyl sites for hydroxylation is 1. The Kier molecular flexibility index (Phi) is 9.25. The summed E-state index contributed by atoms with van der Waals surface area (Å²) >= 11 is 3.01. The monoisotopic (exact) mass is 468 g/mol. The van der Waals surface area contributed by atoms with Crippen molar-refractivity contribution >= 4 is 45.7 Å². The van der Waals surface area contributed by atoms with E-state index in [0.717, 1.165) is 35.8 Å². The molecule has 168 valence electrons. The highest BCUT2D eigenvalue weighted by atomic mass is 32.2. The maximum absolute atomic E-state index is 12.6. The number of nitrogens with zero attached hydrogens (tertiary/aromatic N) is 2. The minimum Gasteiger partial charge on any atom is -0.326 e. The Hall–Kier alpha value is -2.71. The SMILES string of the molecule is CCC(CC)C(=O)Nc1cccc(C(=O)Nc2nnc(SCCCc3ccccc3)s2)c1. The van der Waals surface area contributed by atoms with Crippen LogP contribution < -0.4 is 10.6 Å². The molecule has 0 atom stereocenters. The molecule has 2 aromatic carbocycles. The molecule has 2 N–H and O–H groups in total. The number of nitrogens with one attached hydrogen (secondary N) is 2. The summed E-state index contributed by atoms with van der Waals surface area (Å²) in [6.07, 6.45) is 3.64. The van der Waals surface area contributed by atoms with Gasteiger partial charge >= 0.3 is 0 Å². The Labute approximate surface area is 197 Å². The highest BCUT2D eigenvalue weighted by Crippen LogP contribution is 2.27. The number of carbonyl (C=O) groups is 2. The fourth-order valence-corrected chi connectivity index (χ4v) is 4.97. The van der Waals surface area contributed by atoms with Gasteiger partial charge in [0.15, 0.2) is 4.34 Å². The minimum absolute atomic E-state index is 0.0226. The smallest absolute Gasteiger partial charge is 0.257 e. The molecule has 32 heavy (non-hydrogen) atoms. The zero-order valence-corrected chi connectivity index (χ0v) is 20.0. The van der Waals surface area contributed by atoms with Gasteiger partial charge in [0.1, 0.15) is 0 Å². The summed E-state index contributed by atoms with van der Waals surface area (Å²) < 4.78 is 0.833. The molecular formula is C24H28N4O2S2. The van der Waals surface area contributed by atoms with Gasteiger partial charge in [-0.1, -0.05) is 73.3 Å². The quantitative estimate of drug-likeness (QED) is 0.208. The molecule has 0 radical (unpaired) electrons. The lowest BCUT2D eigenvalue weighted by molar-refractivity contribution is -0.120. The van der Waals surface area contributed by atoms with Crippen molar-refractivity contribution in [3.8, 4) is 0 Å². The van der Waals surface area contributed by atoms with Gasteiger partial charge in [0, 0.05) is 22.9 Å². The van der Waals surface area contributed by atoms with Crippen LogP contribution in [0.5, 0.6) is 0 Å². The molecule has 0 unspecified atom stereocenters. The zero-order valence-electron chi connectivity index (χ0n) is 18.3. The first kappa shape index (κ1) is 23.9. The number of thioether (sulfide) groups is 1. The van der Waals surface area contributed by atoms with Crippen LogP contribution in [-0.2, 0) is 11.2 Å². The summed E-state index contributed by atoms with van der Waals surface area (Å²) in [7, 11) is 0. The highest BCUT2D eigenvalue weighted by Gasteiger charge is 2.15. The van der Waals surface area contributed by atoms with E-state index in [4.69, 9.17) is 0 Å². The molecule has 0 spiro atoms. The lowest BCUT2D eigenvalue weighted by Gasteiger charge is -2.13. The van der Waals surface area contributed by atoms with Gasteiger partial charge < -0.3 is 5.32 Å². The molecule has 3 aromatic rings. The molecule has 0 bridgehead atoms. The zero-order chi connectivity index (χ0) is 22.8. The van der Waals surface area contributed by atoms with E-state index in [1.165, 1.54) is 16.9 Å². The first-order valence-electron chi connectivity index (χ1n) is 10.8. The normalized spacial score (nSPS) is 10.8. The lowest BCUT2D eigenvalue weighted by Crippen LogP contribution is -2.22. The molecule has 0 saturated heterocycles. The van der Waals surface area contributed by atoms with E-state index < -0.39 is 0 Å². The summed E-state index contributed by atoms with van der Waals surface area (Å²) in [6.45, 7) is 3.99. The summed E-state index contributed by atoms with van der Waals surface area (Å²) in [5.41, 5.74) is 2.40. The van der Waals surface area contributed by atoms with E-state index in [1.807, 2.05) is 19.9 Å². The number of aromatic nitrogens is 2. The summed E-state index contributed by atoms with van der Waals surface area (Å²) in [4.78, 5) is 24.9. The standard InChI is InChI=1S/C24H28N4O2S2/c1-3-18(4-2)21(29)25-20-14-8-13-19(16-20)22(30)26-23-27-28-24(32-23)31-15-9-12-17-10-6-5-7-11-17/h5-8,10-11,13-14,16,18H,3-4,9,12,15H2,1-2H3,(H,25,29)(H,26,27,30). The molecule has 0 aliphatic rings. The van der Waals surface area contributed by atoms with E-state index in [-0.39, 0.29) is 17.7 Å². The van der Waals surface area contributed by atoms with Crippen molar-refractivity contribution in [3.05, 3.63) is 65.7 Å². The van der Waals surface area contributed by atoms with Crippen LogP contribution in [0.4, 0.5) is 10.8 Å². The van der Waals surface area contributed by atoms with E-state index in [0.29, 0.717) is 16.4 Å². The van der Waals surface area contributed by atoms with E-state index in [2.05, 4.69) is 45.1 Å². The van der Waals surface area contributed by atoms with Gasteiger partial charge in [0.2, 0.25) is 11.0 Å². The van der Waals surface area contributed by atoms with Crippen LogP contribution in [0.1, 0.15) is 49.0 Å². The van der Waals surface area contributed by atoms with Gasteiger partial charge in [-0.25, -0.2) is 0 Å². The van der Waals surface area contributed by atoms with Crippen LogP contribution in [0, 0.1) is 5.92 Å². The highest BCUT2D eigenvalue weighted by molar-refractivity contribution is 8.01. The van der Waals surface area contributed by atoms with Crippen LogP contribution in [0.25, 0.3) is 0 Å². The van der Waals surface area contributed by atoms with Crippen LogP contribution in [0.2, 0.25) is 0 Å². The number of benzene rings is 2. The number of carbonyl (C=O) groups excluding carboxylic acids is 2. The molecule has 8 heteroatoms. The second-order valence-electron chi connectivity index (χ2n) is 7.35. The van der Waals surface area contributed by atoms with Crippen molar-refractivity contribution in [3.63, 3.8) is 0 Å². The molecule has 6 nitrogen and oxygen atoms in total. The third-order valence-electron chi connectivity index (χ3n) is 5.05. The third kappa shape index (κ3) is 7.17. The van der Waals surface area contributed by atoms with E-state index >= 15 is 0 Å². The van der Waals surface area contributed by atoms with Gasteiger partial charge in [-0.15, -0.1) is 10.2 Å².